The lowest BCUT2D eigenvalue weighted by molar-refractivity contribution is -0.153. The van der Waals surface area contributed by atoms with Gasteiger partial charge in [-0.2, -0.15) is 0 Å². The van der Waals surface area contributed by atoms with E-state index in [1.807, 2.05) is 6.07 Å². The molecule has 1 saturated heterocycles. The van der Waals surface area contributed by atoms with Gasteiger partial charge in [-0.05, 0) is 43.7 Å². The predicted octanol–water partition coefficient (Wildman–Crippen LogP) is 3.07. The molecule has 2 aliphatic heterocycles. The molecule has 5 rings (SSSR count). The van der Waals surface area contributed by atoms with Gasteiger partial charge in [-0.15, -0.1) is 0 Å². The van der Waals surface area contributed by atoms with Crippen molar-refractivity contribution in [3.05, 3.63) is 35.3 Å². The summed E-state index contributed by atoms with van der Waals surface area (Å²) in [6.45, 7) is 0. The molecule has 0 amide bonds. The molecule has 4 unspecified atom stereocenters. The predicted molar refractivity (Wildman–Crippen MR) is 78.1 cm³/mol. The van der Waals surface area contributed by atoms with Crippen LogP contribution in [0, 0.1) is 11.3 Å². The van der Waals surface area contributed by atoms with E-state index in [9.17, 15) is 9.59 Å². The van der Waals surface area contributed by atoms with Gasteiger partial charge in [0.2, 0.25) is 0 Å². The SMILES string of the molecule is O=C1OC2CCC3(CC(c4ccoc4)OC3=O)C3CCCC1=C23. The second-order valence-electron chi connectivity index (χ2n) is 7.12. The molecule has 0 radical (unpaired) electrons. The third-order valence-corrected chi connectivity index (χ3v) is 6.13. The summed E-state index contributed by atoms with van der Waals surface area (Å²) in [5, 5.41) is 0. The van der Waals surface area contributed by atoms with Gasteiger partial charge in [0.05, 0.1) is 17.9 Å². The number of carbonyl (C=O) groups excluding carboxylic acids is 2. The molecule has 4 aliphatic rings. The topological polar surface area (TPSA) is 65.7 Å². The minimum atomic E-state index is -0.493. The number of fused-ring (bicyclic) bond motifs is 1. The molecule has 2 aliphatic carbocycles. The number of esters is 2. The lowest BCUT2D eigenvalue weighted by atomic mass is 9.58. The van der Waals surface area contributed by atoms with Crippen LogP contribution in [-0.2, 0) is 19.1 Å². The van der Waals surface area contributed by atoms with E-state index in [0.717, 1.165) is 48.8 Å². The molecule has 5 nitrogen and oxygen atoms in total. The normalized spacial score (nSPS) is 38.7. The van der Waals surface area contributed by atoms with E-state index in [1.54, 1.807) is 12.5 Å². The minimum absolute atomic E-state index is 0.0980. The first-order chi connectivity index (χ1) is 11.2. The highest BCUT2D eigenvalue weighted by Crippen LogP contribution is 2.60. The third-order valence-electron chi connectivity index (χ3n) is 6.13. The highest BCUT2D eigenvalue weighted by molar-refractivity contribution is 5.93. The molecule has 4 atom stereocenters. The number of ether oxygens (including phenoxy) is 2. The number of furan rings is 1. The molecule has 0 aromatic carbocycles. The van der Waals surface area contributed by atoms with Crippen molar-refractivity contribution in [2.75, 3.05) is 0 Å². The maximum Gasteiger partial charge on any atom is 0.334 e. The highest BCUT2D eigenvalue weighted by atomic mass is 16.6. The smallest absolute Gasteiger partial charge is 0.334 e. The molecule has 0 N–H and O–H groups in total. The van der Waals surface area contributed by atoms with Crippen molar-refractivity contribution in [1.29, 1.82) is 0 Å². The molecule has 1 saturated carbocycles. The molecule has 3 heterocycles. The summed E-state index contributed by atoms with van der Waals surface area (Å²) < 4.78 is 16.4. The molecular formula is C18H18O5. The molecule has 0 bridgehead atoms. The lowest BCUT2D eigenvalue weighted by Gasteiger charge is -2.43. The van der Waals surface area contributed by atoms with Gasteiger partial charge in [-0.1, -0.05) is 0 Å². The van der Waals surface area contributed by atoms with E-state index in [0.29, 0.717) is 6.42 Å². The fourth-order valence-corrected chi connectivity index (χ4v) is 5.08. The Morgan fingerprint density at radius 3 is 2.87 bits per heavy atom. The number of rotatable bonds is 1. The minimum Gasteiger partial charge on any atom is -0.472 e. The van der Waals surface area contributed by atoms with Crippen LogP contribution in [0.15, 0.2) is 34.2 Å². The molecule has 120 valence electrons. The average Bonchev–Trinajstić information content (AvgIpc) is 3.25. The summed E-state index contributed by atoms with van der Waals surface area (Å²) in [7, 11) is 0. The maximum atomic E-state index is 12.8. The van der Waals surface area contributed by atoms with Crippen LogP contribution in [0.3, 0.4) is 0 Å². The first-order valence-electron chi connectivity index (χ1n) is 8.36. The van der Waals surface area contributed by atoms with Gasteiger partial charge < -0.3 is 13.9 Å². The molecule has 23 heavy (non-hydrogen) atoms. The van der Waals surface area contributed by atoms with E-state index in [-0.39, 0.29) is 30.1 Å². The second-order valence-corrected chi connectivity index (χ2v) is 7.12. The highest BCUT2D eigenvalue weighted by Gasteiger charge is 2.61. The van der Waals surface area contributed by atoms with Gasteiger partial charge in [0.1, 0.15) is 12.2 Å². The molecule has 5 heteroatoms. The van der Waals surface area contributed by atoms with Gasteiger partial charge in [-0.25, -0.2) is 4.79 Å². The number of cyclic esters (lactones) is 1. The van der Waals surface area contributed by atoms with Crippen LogP contribution in [0.5, 0.6) is 0 Å². The van der Waals surface area contributed by atoms with Gasteiger partial charge >= 0.3 is 11.9 Å². The monoisotopic (exact) mass is 314 g/mol. The van der Waals surface area contributed by atoms with Crippen LogP contribution < -0.4 is 0 Å². The number of hydrogen-bond acceptors (Lipinski definition) is 5. The zero-order chi connectivity index (χ0) is 15.6. The van der Waals surface area contributed by atoms with Gasteiger partial charge in [0.15, 0.2) is 0 Å². The summed E-state index contributed by atoms with van der Waals surface area (Å²) in [5.74, 6) is -0.175. The molecule has 1 spiro atoms. The van der Waals surface area contributed by atoms with Crippen molar-refractivity contribution in [1.82, 2.24) is 0 Å². The first-order valence-corrected chi connectivity index (χ1v) is 8.36. The van der Waals surface area contributed by atoms with Crippen molar-refractivity contribution in [2.24, 2.45) is 11.3 Å². The lowest BCUT2D eigenvalue weighted by Crippen LogP contribution is -2.44. The summed E-state index contributed by atoms with van der Waals surface area (Å²) >= 11 is 0. The second kappa shape index (κ2) is 4.49. The van der Waals surface area contributed by atoms with E-state index < -0.39 is 5.41 Å². The number of hydrogen-bond donors (Lipinski definition) is 0. The Hall–Kier alpha value is -2.04. The summed E-state index contributed by atoms with van der Waals surface area (Å²) in [6, 6.07) is 1.86. The molecule has 2 fully saturated rings. The van der Waals surface area contributed by atoms with Crippen LogP contribution in [0.25, 0.3) is 0 Å². The molecule has 1 aromatic rings. The van der Waals surface area contributed by atoms with Gasteiger partial charge in [0, 0.05) is 23.5 Å². The third kappa shape index (κ3) is 1.68. The van der Waals surface area contributed by atoms with Crippen molar-refractivity contribution < 1.29 is 23.5 Å². The largest absolute Gasteiger partial charge is 0.472 e. The Morgan fingerprint density at radius 2 is 2.04 bits per heavy atom. The van der Waals surface area contributed by atoms with Crippen LogP contribution in [0.1, 0.15) is 50.2 Å². The van der Waals surface area contributed by atoms with E-state index in [1.165, 1.54) is 0 Å². The van der Waals surface area contributed by atoms with Crippen molar-refractivity contribution in [2.45, 2.75) is 50.7 Å². The quantitative estimate of drug-likeness (QED) is 0.745. The van der Waals surface area contributed by atoms with Crippen molar-refractivity contribution >= 4 is 11.9 Å². The molecular weight excluding hydrogens is 296 g/mol. The van der Waals surface area contributed by atoms with Crippen LogP contribution in [0.4, 0.5) is 0 Å². The fourth-order valence-electron chi connectivity index (χ4n) is 5.08. The Morgan fingerprint density at radius 1 is 1.13 bits per heavy atom. The number of carbonyl (C=O) groups is 2. The zero-order valence-electron chi connectivity index (χ0n) is 12.7. The van der Waals surface area contributed by atoms with Crippen LogP contribution in [-0.4, -0.2) is 18.0 Å². The van der Waals surface area contributed by atoms with Gasteiger partial charge in [-0.3, -0.25) is 4.79 Å². The van der Waals surface area contributed by atoms with Crippen molar-refractivity contribution in [3.8, 4) is 0 Å². The Bertz CT molecular complexity index is 716. The maximum absolute atomic E-state index is 12.8. The Kier molecular flexibility index (Phi) is 2.62. The fraction of sp³-hybridized carbons (Fsp3) is 0.556. The Balaban J connectivity index is 1.56. The van der Waals surface area contributed by atoms with E-state index in [2.05, 4.69) is 0 Å². The summed E-state index contributed by atoms with van der Waals surface area (Å²) in [5.41, 5.74) is 2.37. The average molecular weight is 314 g/mol. The van der Waals surface area contributed by atoms with Crippen LogP contribution in [0.2, 0.25) is 0 Å². The van der Waals surface area contributed by atoms with Crippen molar-refractivity contribution in [3.63, 3.8) is 0 Å². The standard InChI is InChI=1S/C18H18O5/c19-16-11-2-1-3-12-15(11)13(22-16)4-6-18(12)8-14(23-17(18)20)10-5-7-21-9-10/h5,7,9,12-14H,1-4,6,8H2. The van der Waals surface area contributed by atoms with Crippen LogP contribution >= 0.6 is 0 Å². The zero-order valence-corrected chi connectivity index (χ0v) is 12.7. The Labute approximate surface area is 133 Å². The first kappa shape index (κ1) is 13.4. The van der Waals surface area contributed by atoms with E-state index in [4.69, 9.17) is 13.9 Å². The molecule has 1 aromatic heterocycles. The van der Waals surface area contributed by atoms with E-state index >= 15 is 0 Å². The van der Waals surface area contributed by atoms with Gasteiger partial charge in [0.25, 0.3) is 0 Å². The summed E-state index contributed by atoms with van der Waals surface area (Å²) in [6.07, 6.45) is 7.73. The summed E-state index contributed by atoms with van der Waals surface area (Å²) in [4.78, 5) is 24.9.